The van der Waals surface area contributed by atoms with Crippen molar-refractivity contribution in [2.45, 2.75) is 6.92 Å². The molecule has 4 aromatic carbocycles. The minimum Gasteiger partial charge on any atom is -0.490 e. The number of benzene rings is 4. The Balaban J connectivity index is 1.15. The lowest BCUT2D eigenvalue weighted by atomic mass is 10.1. The maximum Gasteiger partial charge on any atom is 0.271 e. The van der Waals surface area contributed by atoms with Crippen molar-refractivity contribution in [1.29, 1.82) is 0 Å². The molecule has 0 fully saturated rings. The van der Waals surface area contributed by atoms with Crippen molar-refractivity contribution in [3.05, 3.63) is 119 Å². The number of aromatic nitrogens is 1. The van der Waals surface area contributed by atoms with Crippen LogP contribution < -0.4 is 25.5 Å². The number of amides is 2. The van der Waals surface area contributed by atoms with Gasteiger partial charge in [-0.25, -0.2) is 14.8 Å². The highest BCUT2D eigenvalue weighted by Gasteiger charge is 2.12. The minimum absolute atomic E-state index is 0.0702. The van der Waals surface area contributed by atoms with E-state index < -0.39 is 11.7 Å². The molecular formula is C33H28FN5O4S. The lowest BCUT2D eigenvalue weighted by molar-refractivity contribution is -0.118. The highest BCUT2D eigenvalue weighted by Crippen LogP contribution is 2.29. The molecule has 0 aliphatic rings. The van der Waals surface area contributed by atoms with Crippen molar-refractivity contribution in [1.82, 2.24) is 10.4 Å². The summed E-state index contributed by atoms with van der Waals surface area (Å²) in [6.45, 7) is 1.83. The molecule has 2 amide bonds. The van der Waals surface area contributed by atoms with E-state index in [4.69, 9.17) is 9.47 Å². The summed E-state index contributed by atoms with van der Waals surface area (Å²) in [6, 6.07) is 27.8. The Morgan fingerprint density at radius 3 is 2.48 bits per heavy atom. The van der Waals surface area contributed by atoms with Crippen molar-refractivity contribution < 1.29 is 23.5 Å². The highest BCUT2D eigenvalue weighted by molar-refractivity contribution is 7.14. The first-order chi connectivity index (χ1) is 21.5. The Hall–Kier alpha value is -5.55. The quantitative estimate of drug-likeness (QED) is 0.105. The van der Waals surface area contributed by atoms with Gasteiger partial charge in [-0.2, -0.15) is 5.10 Å². The normalized spacial score (nSPS) is 10.8. The van der Waals surface area contributed by atoms with Crippen LogP contribution in [0.15, 0.2) is 108 Å². The fourth-order valence-corrected chi connectivity index (χ4v) is 4.76. The van der Waals surface area contributed by atoms with Crippen molar-refractivity contribution in [2.24, 2.45) is 5.10 Å². The largest absolute Gasteiger partial charge is 0.490 e. The van der Waals surface area contributed by atoms with Gasteiger partial charge in [-0.05, 0) is 67.1 Å². The monoisotopic (exact) mass is 609 g/mol. The summed E-state index contributed by atoms with van der Waals surface area (Å²) in [6.07, 6.45) is 1.47. The van der Waals surface area contributed by atoms with Gasteiger partial charge in [0.1, 0.15) is 5.82 Å². The van der Waals surface area contributed by atoms with Crippen LogP contribution in [0.3, 0.4) is 0 Å². The van der Waals surface area contributed by atoms with E-state index >= 15 is 0 Å². The minimum atomic E-state index is -0.537. The van der Waals surface area contributed by atoms with Gasteiger partial charge in [-0.3, -0.25) is 9.59 Å². The van der Waals surface area contributed by atoms with E-state index in [9.17, 15) is 14.0 Å². The number of anilines is 3. The predicted molar refractivity (Wildman–Crippen MR) is 170 cm³/mol. The number of halogens is 1. The third-order valence-corrected chi connectivity index (χ3v) is 6.88. The number of thiazole rings is 1. The molecule has 0 spiro atoms. The lowest BCUT2D eigenvalue weighted by Gasteiger charge is -2.13. The SMILES string of the molecule is CCOc1cc(/C=N/NC(=O)c2ccc(-c3csc(Nc4ccccc4)n3)cc2)ccc1OCC(=O)Nc1ccccc1F. The number of hydrazone groups is 1. The number of hydrogen-bond donors (Lipinski definition) is 3. The van der Waals surface area contributed by atoms with Crippen LogP contribution in [0, 0.1) is 5.82 Å². The number of para-hydroxylation sites is 2. The summed E-state index contributed by atoms with van der Waals surface area (Å²) in [5.41, 5.74) is 6.32. The fourth-order valence-electron chi connectivity index (χ4n) is 4.02. The topological polar surface area (TPSA) is 114 Å². The van der Waals surface area contributed by atoms with Gasteiger partial charge < -0.3 is 20.1 Å². The number of carbonyl (C=O) groups excluding carboxylic acids is 2. The summed E-state index contributed by atoms with van der Waals surface area (Å²) in [5, 5.41) is 12.5. The molecule has 1 heterocycles. The molecule has 0 unspecified atom stereocenters. The molecule has 3 N–H and O–H groups in total. The zero-order valence-electron chi connectivity index (χ0n) is 23.6. The van der Waals surface area contributed by atoms with Crippen LogP contribution in [0.2, 0.25) is 0 Å². The molecule has 0 atom stereocenters. The first-order valence-electron chi connectivity index (χ1n) is 13.6. The first-order valence-corrected chi connectivity index (χ1v) is 14.5. The molecule has 0 radical (unpaired) electrons. The van der Waals surface area contributed by atoms with E-state index in [1.165, 1.54) is 35.8 Å². The van der Waals surface area contributed by atoms with Gasteiger partial charge in [0.25, 0.3) is 11.8 Å². The van der Waals surface area contributed by atoms with Crippen LogP contribution in [-0.4, -0.2) is 36.2 Å². The van der Waals surface area contributed by atoms with Gasteiger partial charge in [0, 0.05) is 22.2 Å². The van der Waals surface area contributed by atoms with Crippen LogP contribution in [0.4, 0.5) is 20.9 Å². The molecule has 0 aliphatic heterocycles. The Kier molecular flexibility index (Phi) is 9.91. The molecule has 44 heavy (non-hydrogen) atoms. The van der Waals surface area contributed by atoms with E-state index in [-0.39, 0.29) is 18.2 Å². The van der Waals surface area contributed by atoms with Crippen LogP contribution in [0.1, 0.15) is 22.8 Å². The number of carbonyl (C=O) groups is 2. The summed E-state index contributed by atoms with van der Waals surface area (Å²) in [7, 11) is 0. The van der Waals surface area contributed by atoms with Crippen LogP contribution in [0.5, 0.6) is 11.5 Å². The maximum absolute atomic E-state index is 13.8. The molecule has 0 bridgehead atoms. The smallest absolute Gasteiger partial charge is 0.271 e. The molecule has 0 saturated carbocycles. The Morgan fingerprint density at radius 1 is 0.932 bits per heavy atom. The van der Waals surface area contributed by atoms with E-state index in [1.54, 1.807) is 36.4 Å². The highest BCUT2D eigenvalue weighted by atomic mass is 32.1. The number of nitrogens with one attached hydrogen (secondary N) is 3. The second-order valence-corrected chi connectivity index (χ2v) is 10.1. The van der Waals surface area contributed by atoms with Crippen molar-refractivity contribution >= 4 is 45.9 Å². The summed E-state index contributed by atoms with van der Waals surface area (Å²) in [4.78, 5) is 29.5. The van der Waals surface area contributed by atoms with Gasteiger partial charge in [0.05, 0.1) is 24.2 Å². The van der Waals surface area contributed by atoms with Crippen molar-refractivity contribution in [3.63, 3.8) is 0 Å². The zero-order chi connectivity index (χ0) is 30.7. The zero-order valence-corrected chi connectivity index (χ0v) is 24.4. The van der Waals surface area contributed by atoms with Crippen molar-refractivity contribution in [2.75, 3.05) is 23.8 Å². The summed E-state index contributed by atoms with van der Waals surface area (Å²) in [5.74, 6) is -0.704. The van der Waals surface area contributed by atoms with E-state index in [0.29, 0.717) is 29.2 Å². The van der Waals surface area contributed by atoms with Gasteiger partial charge in [-0.15, -0.1) is 11.3 Å². The van der Waals surface area contributed by atoms with Gasteiger partial charge in [0.2, 0.25) is 0 Å². The van der Waals surface area contributed by atoms with E-state index in [2.05, 4.69) is 26.1 Å². The Labute approximate surface area is 257 Å². The third kappa shape index (κ3) is 8.05. The molecule has 9 nitrogen and oxygen atoms in total. The fraction of sp³-hybridized carbons (Fsp3) is 0.0909. The van der Waals surface area contributed by atoms with E-state index in [1.807, 2.05) is 54.8 Å². The maximum atomic E-state index is 13.8. The number of rotatable bonds is 12. The third-order valence-electron chi connectivity index (χ3n) is 6.13. The van der Waals surface area contributed by atoms with Gasteiger partial charge in [-0.1, -0.05) is 42.5 Å². The first kappa shape index (κ1) is 29.9. The predicted octanol–water partition coefficient (Wildman–Crippen LogP) is 6.87. The second-order valence-electron chi connectivity index (χ2n) is 9.26. The second kappa shape index (κ2) is 14.6. The molecule has 5 rings (SSSR count). The van der Waals surface area contributed by atoms with Crippen LogP contribution in [0.25, 0.3) is 11.3 Å². The number of nitrogens with zero attached hydrogens (tertiary/aromatic N) is 2. The summed E-state index contributed by atoms with van der Waals surface area (Å²) < 4.78 is 25.0. The Morgan fingerprint density at radius 2 is 1.70 bits per heavy atom. The number of ether oxygens (including phenoxy) is 2. The molecule has 1 aromatic heterocycles. The molecule has 5 aromatic rings. The Bertz CT molecular complexity index is 1760. The van der Waals surface area contributed by atoms with Gasteiger partial charge >= 0.3 is 0 Å². The average Bonchev–Trinajstić information content (AvgIpc) is 3.51. The number of hydrogen-bond acceptors (Lipinski definition) is 8. The average molecular weight is 610 g/mol. The van der Waals surface area contributed by atoms with Crippen LogP contribution >= 0.6 is 11.3 Å². The van der Waals surface area contributed by atoms with E-state index in [0.717, 1.165) is 22.1 Å². The molecule has 0 aliphatic carbocycles. The summed E-state index contributed by atoms with van der Waals surface area (Å²) >= 11 is 1.50. The van der Waals surface area contributed by atoms with Crippen LogP contribution in [-0.2, 0) is 4.79 Å². The van der Waals surface area contributed by atoms with Gasteiger partial charge in [0.15, 0.2) is 23.2 Å². The molecule has 11 heteroatoms. The lowest BCUT2D eigenvalue weighted by Crippen LogP contribution is -2.21. The standard InChI is InChI=1S/C33H28FN5O4S/c1-2-42-30-18-22(12-17-29(30)43-20-31(40)37-27-11-7-6-10-26(27)34)19-35-39-32(41)24-15-13-23(14-16-24)28-21-44-33(38-28)36-25-8-4-3-5-9-25/h3-19,21H,2,20H2,1H3,(H,36,38)(H,37,40)(H,39,41)/b35-19+. The molecule has 0 saturated heterocycles. The molecular weight excluding hydrogens is 581 g/mol. The van der Waals surface area contributed by atoms with Crippen molar-refractivity contribution in [3.8, 4) is 22.8 Å². The molecule has 222 valence electrons.